The van der Waals surface area contributed by atoms with Gasteiger partial charge in [-0.3, -0.25) is 4.98 Å². The van der Waals surface area contributed by atoms with Crippen molar-refractivity contribution < 1.29 is 8.42 Å². The third-order valence-electron chi connectivity index (χ3n) is 3.85. The predicted octanol–water partition coefficient (Wildman–Crippen LogP) is 1.75. The number of nitrogens with zero attached hydrogens (tertiary/aromatic N) is 4. The van der Waals surface area contributed by atoms with Crippen LogP contribution >= 0.6 is 0 Å². The van der Waals surface area contributed by atoms with Gasteiger partial charge in [0.05, 0.1) is 18.1 Å². The highest BCUT2D eigenvalue weighted by atomic mass is 32.2. The van der Waals surface area contributed by atoms with Crippen LogP contribution < -0.4 is 5.32 Å². The summed E-state index contributed by atoms with van der Waals surface area (Å²) in [5, 5.41) is 3.11. The van der Waals surface area contributed by atoms with Crippen LogP contribution in [0.5, 0.6) is 0 Å². The lowest BCUT2D eigenvalue weighted by Crippen LogP contribution is -2.38. The quantitative estimate of drug-likeness (QED) is 0.917. The molecule has 0 radical (unpaired) electrons. The van der Waals surface area contributed by atoms with Crippen LogP contribution in [-0.4, -0.2) is 47.0 Å². The SMILES string of the molecule is CS(=O)(=O)N1CCC[C@@H](c2cncc(Nc3ccccn3)n2)C1. The summed E-state index contributed by atoms with van der Waals surface area (Å²) in [4.78, 5) is 13.0. The van der Waals surface area contributed by atoms with E-state index in [1.165, 1.54) is 10.6 Å². The van der Waals surface area contributed by atoms with Gasteiger partial charge in [-0.25, -0.2) is 22.7 Å². The topological polar surface area (TPSA) is 88.1 Å². The molecule has 1 atom stereocenters. The molecule has 1 aliphatic heterocycles. The van der Waals surface area contributed by atoms with E-state index in [1.54, 1.807) is 18.6 Å². The number of sulfonamides is 1. The van der Waals surface area contributed by atoms with E-state index in [1.807, 2.05) is 18.2 Å². The smallest absolute Gasteiger partial charge is 0.211 e. The molecule has 3 rings (SSSR count). The highest BCUT2D eigenvalue weighted by Gasteiger charge is 2.27. The summed E-state index contributed by atoms with van der Waals surface area (Å²) in [5.74, 6) is 1.37. The molecule has 1 saturated heterocycles. The Balaban J connectivity index is 1.77. The third-order valence-corrected chi connectivity index (χ3v) is 5.12. The van der Waals surface area contributed by atoms with Gasteiger partial charge in [-0.1, -0.05) is 6.07 Å². The fourth-order valence-electron chi connectivity index (χ4n) is 2.69. The van der Waals surface area contributed by atoms with Crippen LogP contribution in [0, 0.1) is 0 Å². The molecule has 0 spiro atoms. The van der Waals surface area contributed by atoms with Gasteiger partial charge in [-0.15, -0.1) is 0 Å². The molecule has 1 aliphatic rings. The summed E-state index contributed by atoms with van der Waals surface area (Å²) in [6, 6.07) is 5.58. The minimum absolute atomic E-state index is 0.0662. The van der Waals surface area contributed by atoms with Crippen molar-refractivity contribution in [1.82, 2.24) is 19.3 Å². The average Bonchev–Trinajstić information content (AvgIpc) is 2.55. The van der Waals surface area contributed by atoms with E-state index in [9.17, 15) is 8.42 Å². The van der Waals surface area contributed by atoms with Gasteiger partial charge in [0.25, 0.3) is 0 Å². The van der Waals surface area contributed by atoms with Crippen molar-refractivity contribution in [3.8, 4) is 0 Å². The van der Waals surface area contributed by atoms with Gasteiger partial charge in [0.2, 0.25) is 10.0 Å². The molecule has 0 aliphatic carbocycles. The van der Waals surface area contributed by atoms with Gasteiger partial charge in [0, 0.05) is 31.4 Å². The molecule has 2 aromatic rings. The third kappa shape index (κ3) is 4.02. The van der Waals surface area contributed by atoms with Crippen LogP contribution in [0.2, 0.25) is 0 Å². The first-order valence-corrected chi connectivity index (χ1v) is 9.32. The number of hydrogen-bond acceptors (Lipinski definition) is 6. The van der Waals surface area contributed by atoms with E-state index in [2.05, 4.69) is 20.3 Å². The lowest BCUT2D eigenvalue weighted by molar-refractivity contribution is 0.314. The van der Waals surface area contributed by atoms with Crippen molar-refractivity contribution in [2.75, 3.05) is 24.7 Å². The van der Waals surface area contributed by atoms with E-state index in [0.29, 0.717) is 24.7 Å². The maximum atomic E-state index is 11.7. The molecule has 122 valence electrons. The van der Waals surface area contributed by atoms with Gasteiger partial charge < -0.3 is 5.32 Å². The number of aromatic nitrogens is 3. The Morgan fingerprint density at radius 3 is 2.87 bits per heavy atom. The number of nitrogens with one attached hydrogen (secondary N) is 1. The molecule has 0 unspecified atom stereocenters. The van der Waals surface area contributed by atoms with Gasteiger partial charge in [0.1, 0.15) is 11.6 Å². The van der Waals surface area contributed by atoms with Crippen molar-refractivity contribution >= 4 is 21.7 Å². The van der Waals surface area contributed by atoms with Crippen molar-refractivity contribution in [2.24, 2.45) is 0 Å². The van der Waals surface area contributed by atoms with Gasteiger partial charge in [-0.2, -0.15) is 0 Å². The summed E-state index contributed by atoms with van der Waals surface area (Å²) in [5.41, 5.74) is 0.805. The highest BCUT2D eigenvalue weighted by molar-refractivity contribution is 7.88. The number of rotatable bonds is 4. The highest BCUT2D eigenvalue weighted by Crippen LogP contribution is 2.27. The maximum absolute atomic E-state index is 11.7. The van der Waals surface area contributed by atoms with Crippen molar-refractivity contribution in [1.29, 1.82) is 0 Å². The van der Waals surface area contributed by atoms with Crippen LogP contribution in [0.4, 0.5) is 11.6 Å². The number of piperidine rings is 1. The minimum Gasteiger partial charge on any atom is -0.324 e. The Kier molecular flexibility index (Phi) is 4.53. The van der Waals surface area contributed by atoms with Crippen LogP contribution in [0.1, 0.15) is 24.5 Å². The van der Waals surface area contributed by atoms with E-state index >= 15 is 0 Å². The van der Waals surface area contributed by atoms with E-state index in [4.69, 9.17) is 0 Å². The van der Waals surface area contributed by atoms with Crippen LogP contribution in [0.25, 0.3) is 0 Å². The molecule has 0 amide bonds. The number of pyridine rings is 1. The second kappa shape index (κ2) is 6.59. The zero-order valence-electron chi connectivity index (χ0n) is 12.9. The monoisotopic (exact) mass is 333 g/mol. The minimum atomic E-state index is -3.17. The first-order valence-electron chi connectivity index (χ1n) is 7.47. The lowest BCUT2D eigenvalue weighted by Gasteiger charge is -2.30. The molecular weight excluding hydrogens is 314 g/mol. The number of hydrogen-bond donors (Lipinski definition) is 1. The molecule has 2 aromatic heterocycles. The van der Waals surface area contributed by atoms with E-state index in [-0.39, 0.29) is 5.92 Å². The molecule has 1 fully saturated rings. The normalized spacial score (nSPS) is 19.4. The van der Waals surface area contributed by atoms with Crippen LogP contribution in [0.3, 0.4) is 0 Å². The summed E-state index contributed by atoms with van der Waals surface area (Å²) < 4.78 is 25.0. The Morgan fingerprint density at radius 1 is 1.26 bits per heavy atom. The van der Waals surface area contributed by atoms with Gasteiger partial charge >= 0.3 is 0 Å². The van der Waals surface area contributed by atoms with Crippen molar-refractivity contribution in [3.05, 3.63) is 42.5 Å². The molecule has 0 aromatic carbocycles. The second-order valence-electron chi connectivity index (χ2n) is 5.63. The van der Waals surface area contributed by atoms with Crippen LogP contribution in [-0.2, 0) is 10.0 Å². The van der Waals surface area contributed by atoms with Crippen molar-refractivity contribution in [2.45, 2.75) is 18.8 Å². The molecular formula is C15H19N5O2S. The summed E-state index contributed by atoms with van der Waals surface area (Å²) in [6.45, 7) is 1.04. The van der Waals surface area contributed by atoms with Gasteiger partial charge in [0.15, 0.2) is 0 Å². The maximum Gasteiger partial charge on any atom is 0.211 e. The average molecular weight is 333 g/mol. The molecule has 8 heteroatoms. The van der Waals surface area contributed by atoms with E-state index < -0.39 is 10.0 Å². The molecule has 1 N–H and O–H groups in total. The molecule has 0 saturated carbocycles. The molecule has 7 nitrogen and oxygen atoms in total. The summed E-state index contributed by atoms with van der Waals surface area (Å²) in [6.07, 6.45) is 8.03. The second-order valence-corrected chi connectivity index (χ2v) is 7.61. The first-order chi connectivity index (χ1) is 11.0. The molecule has 23 heavy (non-hydrogen) atoms. The Hall–Kier alpha value is -2.06. The molecule has 0 bridgehead atoms. The fourth-order valence-corrected chi connectivity index (χ4v) is 3.60. The zero-order valence-corrected chi connectivity index (χ0v) is 13.7. The van der Waals surface area contributed by atoms with E-state index in [0.717, 1.165) is 18.5 Å². The Morgan fingerprint density at radius 2 is 2.13 bits per heavy atom. The van der Waals surface area contributed by atoms with Gasteiger partial charge in [-0.05, 0) is 25.0 Å². The summed E-state index contributed by atoms with van der Waals surface area (Å²) >= 11 is 0. The lowest BCUT2D eigenvalue weighted by atomic mass is 9.96. The standard InChI is InChI=1S/C15H19N5O2S/c1-23(21,22)20-8-4-5-12(11-20)13-9-16-10-15(18-13)19-14-6-2-3-7-17-14/h2-3,6-7,9-10,12H,4-5,8,11H2,1H3,(H,17,18,19)/t12-/m1/s1. The predicted molar refractivity (Wildman–Crippen MR) is 87.9 cm³/mol. The first kappa shape index (κ1) is 15.8. The zero-order chi connectivity index (χ0) is 16.3. The Bertz CT molecular complexity index is 766. The van der Waals surface area contributed by atoms with Crippen LogP contribution in [0.15, 0.2) is 36.8 Å². The molecule has 3 heterocycles. The summed E-state index contributed by atoms with van der Waals surface area (Å²) in [7, 11) is -3.17. The largest absolute Gasteiger partial charge is 0.324 e. The van der Waals surface area contributed by atoms with Crippen molar-refractivity contribution in [3.63, 3.8) is 0 Å². The number of anilines is 2. The Labute approximate surface area is 135 Å². The fraction of sp³-hybridized carbons (Fsp3) is 0.400.